The molecule has 0 fully saturated rings. The highest BCUT2D eigenvalue weighted by Crippen LogP contribution is 2.23. The predicted molar refractivity (Wildman–Crippen MR) is 104 cm³/mol. The Labute approximate surface area is 162 Å². The van der Waals surface area contributed by atoms with Gasteiger partial charge in [0, 0.05) is 23.4 Å². The second kappa shape index (κ2) is 7.24. The molecule has 0 radical (unpaired) electrons. The van der Waals surface area contributed by atoms with Crippen LogP contribution in [0.15, 0.2) is 64.8 Å². The van der Waals surface area contributed by atoms with Crippen LogP contribution in [0.5, 0.6) is 0 Å². The van der Waals surface area contributed by atoms with Gasteiger partial charge in [-0.3, -0.25) is 9.89 Å². The van der Waals surface area contributed by atoms with Gasteiger partial charge < -0.3 is 5.11 Å². The third-order valence-electron chi connectivity index (χ3n) is 4.22. The molecule has 0 spiro atoms. The summed E-state index contributed by atoms with van der Waals surface area (Å²) in [5.74, 6) is -1.48. The summed E-state index contributed by atoms with van der Waals surface area (Å²) in [7, 11) is 0. The molecule has 2 N–H and O–H groups in total. The molecule has 0 aliphatic heterocycles. The van der Waals surface area contributed by atoms with Gasteiger partial charge in [-0.25, -0.2) is 14.2 Å². The van der Waals surface area contributed by atoms with Crippen LogP contribution in [0.1, 0.15) is 21.6 Å². The van der Waals surface area contributed by atoms with E-state index in [2.05, 4.69) is 10.1 Å². The van der Waals surface area contributed by atoms with Crippen molar-refractivity contribution in [1.29, 1.82) is 0 Å². The number of aromatic amines is 1. The molecule has 4 rings (SSSR count). The van der Waals surface area contributed by atoms with E-state index in [1.165, 1.54) is 22.2 Å². The molecule has 0 unspecified atom stereocenters. The Morgan fingerprint density at radius 2 is 1.96 bits per heavy atom. The summed E-state index contributed by atoms with van der Waals surface area (Å²) < 4.78 is 15.4. The van der Waals surface area contributed by atoms with Crippen molar-refractivity contribution in [3.8, 4) is 16.4 Å². The van der Waals surface area contributed by atoms with Gasteiger partial charge in [0.05, 0.1) is 5.69 Å². The van der Waals surface area contributed by atoms with Crippen LogP contribution in [0.4, 0.5) is 4.39 Å². The van der Waals surface area contributed by atoms with Crippen LogP contribution in [0.2, 0.25) is 0 Å². The van der Waals surface area contributed by atoms with E-state index in [0.717, 1.165) is 16.9 Å². The molecule has 6 nitrogen and oxygen atoms in total. The van der Waals surface area contributed by atoms with Crippen molar-refractivity contribution in [3.05, 3.63) is 93.0 Å². The number of rotatable bonds is 5. The Hall–Kier alpha value is -3.52. The van der Waals surface area contributed by atoms with Gasteiger partial charge in [-0.1, -0.05) is 30.3 Å². The number of carboxylic acid groups (broad SMARTS) is 1. The van der Waals surface area contributed by atoms with E-state index in [4.69, 9.17) is 5.11 Å². The molecule has 28 heavy (non-hydrogen) atoms. The molecule has 0 aliphatic rings. The maximum atomic E-state index is 14.3. The summed E-state index contributed by atoms with van der Waals surface area (Å²) in [6, 6.07) is 15.6. The predicted octanol–water partition coefficient (Wildman–Crippen LogP) is 3.72. The van der Waals surface area contributed by atoms with Crippen molar-refractivity contribution in [3.63, 3.8) is 0 Å². The SMILES string of the molecule is O=C(O)c1csc(-n2[nH]c(-c3ccc(F)c(Cc4ccccc4)c3)cc2=O)n1. The Balaban J connectivity index is 1.69. The summed E-state index contributed by atoms with van der Waals surface area (Å²) in [4.78, 5) is 27.2. The van der Waals surface area contributed by atoms with Crippen LogP contribution in [-0.4, -0.2) is 25.8 Å². The third-order valence-corrected chi connectivity index (χ3v) is 5.04. The van der Waals surface area contributed by atoms with Gasteiger partial charge >= 0.3 is 5.97 Å². The topological polar surface area (TPSA) is 88.0 Å². The van der Waals surface area contributed by atoms with Gasteiger partial charge in [0.25, 0.3) is 5.56 Å². The number of nitrogens with one attached hydrogen (secondary N) is 1. The molecular formula is C20H14FN3O3S. The van der Waals surface area contributed by atoms with Gasteiger partial charge in [0.15, 0.2) is 5.69 Å². The molecule has 0 aliphatic carbocycles. The zero-order valence-corrected chi connectivity index (χ0v) is 15.2. The second-order valence-corrected chi connectivity index (χ2v) is 6.97. The number of nitrogens with zero attached hydrogens (tertiary/aromatic N) is 2. The maximum absolute atomic E-state index is 14.3. The van der Waals surface area contributed by atoms with Gasteiger partial charge in [-0.2, -0.15) is 4.68 Å². The summed E-state index contributed by atoms with van der Waals surface area (Å²) in [6.45, 7) is 0. The first-order valence-electron chi connectivity index (χ1n) is 8.35. The van der Waals surface area contributed by atoms with E-state index in [0.29, 0.717) is 23.2 Å². The van der Waals surface area contributed by atoms with E-state index < -0.39 is 5.97 Å². The number of H-pyrrole nitrogens is 1. The number of benzene rings is 2. The molecule has 4 aromatic rings. The Morgan fingerprint density at radius 1 is 1.18 bits per heavy atom. The highest BCUT2D eigenvalue weighted by molar-refractivity contribution is 7.12. The summed E-state index contributed by atoms with van der Waals surface area (Å²) in [6.07, 6.45) is 0.430. The molecular weight excluding hydrogens is 381 g/mol. The van der Waals surface area contributed by atoms with Gasteiger partial charge in [-0.05, 0) is 29.3 Å². The fourth-order valence-corrected chi connectivity index (χ4v) is 3.61. The normalized spacial score (nSPS) is 10.9. The minimum absolute atomic E-state index is 0.130. The fraction of sp³-hybridized carbons (Fsp3) is 0.0500. The first-order chi connectivity index (χ1) is 13.5. The number of hydrogen-bond acceptors (Lipinski definition) is 4. The lowest BCUT2D eigenvalue weighted by Gasteiger charge is -2.06. The van der Waals surface area contributed by atoms with Crippen molar-refractivity contribution in [2.45, 2.75) is 6.42 Å². The van der Waals surface area contributed by atoms with Crippen LogP contribution in [0.25, 0.3) is 16.4 Å². The smallest absolute Gasteiger partial charge is 0.355 e. The number of thiazole rings is 1. The minimum atomic E-state index is -1.16. The molecule has 2 heterocycles. The second-order valence-electron chi connectivity index (χ2n) is 6.13. The first kappa shape index (κ1) is 17.9. The van der Waals surface area contributed by atoms with Crippen molar-refractivity contribution in [1.82, 2.24) is 14.8 Å². The maximum Gasteiger partial charge on any atom is 0.355 e. The Bertz CT molecular complexity index is 1210. The van der Waals surface area contributed by atoms with Gasteiger partial charge in [0.1, 0.15) is 5.82 Å². The van der Waals surface area contributed by atoms with E-state index in [9.17, 15) is 14.0 Å². The van der Waals surface area contributed by atoms with Crippen molar-refractivity contribution < 1.29 is 14.3 Å². The van der Waals surface area contributed by atoms with Gasteiger partial charge in [0.2, 0.25) is 5.13 Å². The summed E-state index contributed by atoms with van der Waals surface area (Å²) in [5, 5.41) is 13.5. The van der Waals surface area contributed by atoms with Crippen LogP contribution < -0.4 is 5.56 Å². The Morgan fingerprint density at radius 3 is 2.68 bits per heavy atom. The molecule has 140 valence electrons. The number of aromatic carboxylic acids is 1. The number of carbonyl (C=O) groups is 1. The lowest BCUT2D eigenvalue weighted by molar-refractivity contribution is 0.0691. The first-order valence-corrected chi connectivity index (χ1v) is 9.23. The standard InChI is InChI=1S/C20H14FN3O3S/c21-15-7-6-13(9-14(15)8-12-4-2-1-3-5-12)16-10-18(25)24(23-16)20-22-17(11-28-20)19(26)27/h1-7,9-11,23H,8H2,(H,26,27). The molecule has 0 saturated heterocycles. The highest BCUT2D eigenvalue weighted by atomic mass is 32.1. The van der Waals surface area contributed by atoms with Crippen LogP contribution in [0, 0.1) is 5.82 Å². The zero-order valence-electron chi connectivity index (χ0n) is 14.4. The lowest BCUT2D eigenvalue weighted by Crippen LogP contribution is -2.13. The lowest BCUT2D eigenvalue weighted by atomic mass is 10.0. The van der Waals surface area contributed by atoms with Crippen molar-refractivity contribution in [2.75, 3.05) is 0 Å². The molecule has 2 aromatic heterocycles. The summed E-state index contributed by atoms with van der Waals surface area (Å²) >= 11 is 1.04. The minimum Gasteiger partial charge on any atom is -0.476 e. The average Bonchev–Trinajstić information content (AvgIpc) is 3.31. The highest BCUT2D eigenvalue weighted by Gasteiger charge is 2.14. The number of halogens is 1. The average molecular weight is 395 g/mol. The molecule has 8 heteroatoms. The van der Waals surface area contributed by atoms with Crippen LogP contribution >= 0.6 is 11.3 Å². The van der Waals surface area contributed by atoms with E-state index in [1.54, 1.807) is 12.1 Å². The largest absolute Gasteiger partial charge is 0.476 e. The third kappa shape index (κ3) is 3.49. The molecule has 0 amide bonds. The van der Waals surface area contributed by atoms with E-state index in [-0.39, 0.29) is 22.2 Å². The quantitative estimate of drug-likeness (QED) is 0.539. The van der Waals surface area contributed by atoms with Gasteiger partial charge in [-0.15, -0.1) is 11.3 Å². The summed E-state index contributed by atoms with van der Waals surface area (Å²) in [5.41, 5.74) is 2.13. The zero-order chi connectivity index (χ0) is 19.7. The van der Waals surface area contributed by atoms with E-state index in [1.807, 2.05) is 30.3 Å². The monoisotopic (exact) mass is 395 g/mol. The van der Waals surface area contributed by atoms with Crippen molar-refractivity contribution >= 4 is 17.3 Å². The number of hydrogen-bond donors (Lipinski definition) is 2. The number of aromatic nitrogens is 3. The number of carboxylic acids is 1. The molecule has 0 saturated carbocycles. The van der Waals surface area contributed by atoms with Crippen LogP contribution in [-0.2, 0) is 6.42 Å². The molecule has 0 atom stereocenters. The van der Waals surface area contributed by atoms with E-state index >= 15 is 0 Å². The fourth-order valence-electron chi connectivity index (χ4n) is 2.84. The van der Waals surface area contributed by atoms with Crippen LogP contribution in [0.3, 0.4) is 0 Å². The Kier molecular flexibility index (Phi) is 4.62. The van der Waals surface area contributed by atoms with Crippen molar-refractivity contribution in [2.24, 2.45) is 0 Å². The molecule has 2 aromatic carbocycles. The molecule has 0 bridgehead atoms.